The standard InChI is InChI=1S/C19H18F3N5O2/c1-10-3-4-15(24-8-10)12-5-13(17(23)19(20,21)22)7-14(6-12)18(28)25-9-16-26-11(2)29-27-16/h3-8,17H,9,23H2,1-2H3,(H,25,28). The lowest BCUT2D eigenvalue weighted by Gasteiger charge is -2.18. The maximum Gasteiger partial charge on any atom is 0.407 e. The molecule has 2 aromatic heterocycles. The fourth-order valence-electron chi connectivity index (χ4n) is 2.61. The average Bonchev–Trinajstić information content (AvgIpc) is 3.10. The molecule has 3 N–H and O–H groups in total. The van der Waals surface area contributed by atoms with Crippen LogP contribution < -0.4 is 11.1 Å². The van der Waals surface area contributed by atoms with Gasteiger partial charge in [-0.2, -0.15) is 18.2 Å². The number of nitrogens with one attached hydrogen (secondary N) is 1. The third-order valence-corrected chi connectivity index (χ3v) is 4.11. The summed E-state index contributed by atoms with van der Waals surface area (Å²) in [6.07, 6.45) is -3.07. The molecule has 1 amide bonds. The monoisotopic (exact) mass is 405 g/mol. The summed E-state index contributed by atoms with van der Waals surface area (Å²) in [6.45, 7) is 3.40. The first-order valence-corrected chi connectivity index (χ1v) is 8.61. The topological polar surface area (TPSA) is 107 Å². The molecule has 0 saturated carbocycles. The molecule has 0 fully saturated rings. The lowest BCUT2D eigenvalue weighted by Crippen LogP contribution is -2.29. The van der Waals surface area contributed by atoms with E-state index < -0.39 is 18.1 Å². The molecule has 0 saturated heterocycles. The number of amides is 1. The number of carbonyl (C=O) groups is 1. The van der Waals surface area contributed by atoms with Crippen LogP contribution in [0.1, 0.15) is 39.2 Å². The summed E-state index contributed by atoms with van der Waals surface area (Å²) in [5, 5.41) is 6.21. The van der Waals surface area contributed by atoms with Gasteiger partial charge in [-0.25, -0.2) is 0 Å². The zero-order chi connectivity index (χ0) is 21.2. The van der Waals surface area contributed by atoms with Crippen LogP contribution in [0.25, 0.3) is 11.3 Å². The van der Waals surface area contributed by atoms with E-state index in [1.54, 1.807) is 25.3 Å². The first kappa shape index (κ1) is 20.5. The number of hydrogen-bond donors (Lipinski definition) is 2. The number of alkyl halides is 3. The van der Waals surface area contributed by atoms with Crippen molar-refractivity contribution in [3.63, 3.8) is 0 Å². The molecule has 0 aliphatic carbocycles. The molecule has 0 aliphatic heterocycles. The van der Waals surface area contributed by atoms with Crippen molar-refractivity contribution in [1.82, 2.24) is 20.4 Å². The van der Waals surface area contributed by atoms with E-state index in [4.69, 9.17) is 10.3 Å². The Morgan fingerprint density at radius 3 is 2.59 bits per heavy atom. The normalized spacial score (nSPS) is 12.6. The fourth-order valence-corrected chi connectivity index (χ4v) is 2.61. The van der Waals surface area contributed by atoms with E-state index in [0.29, 0.717) is 17.1 Å². The number of rotatable bonds is 5. The predicted molar refractivity (Wildman–Crippen MR) is 97.6 cm³/mol. The van der Waals surface area contributed by atoms with Gasteiger partial charge in [-0.15, -0.1) is 0 Å². The van der Waals surface area contributed by atoms with Gasteiger partial charge in [-0.3, -0.25) is 9.78 Å². The average molecular weight is 405 g/mol. The molecular formula is C19H18F3N5O2. The molecule has 152 valence electrons. The molecule has 0 radical (unpaired) electrons. The molecule has 0 bridgehead atoms. The van der Waals surface area contributed by atoms with Crippen molar-refractivity contribution < 1.29 is 22.5 Å². The van der Waals surface area contributed by atoms with Gasteiger partial charge in [0.1, 0.15) is 6.04 Å². The first-order valence-electron chi connectivity index (χ1n) is 8.61. The number of halogens is 3. The molecular weight excluding hydrogens is 387 g/mol. The Morgan fingerprint density at radius 1 is 1.24 bits per heavy atom. The van der Waals surface area contributed by atoms with Gasteiger partial charge in [0.2, 0.25) is 5.89 Å². The van der Waals surface area contributed by atoms with Gasteiger partial charge < -0.3 is 15.6 Å². The lowest BCUT2D eigenvalue weighted by atomic mass is 9.98. The van der Waals surface area contributed by atoms with E-state index >= 15 is 0 Å². The van der Waals surface area contributed by atoms with Crippen LogP contribution in [0.5, 0.6) is 0 Å². The Balaban J connectivity index is 1.94. The number of nitrogens with zero attached hydrogens (tertiary/aromatic N) is 3. The summed E-state index contributed by atoms with van der Waals surface area (Å²) in [5.41, 5.74) is 6.82. The number of aromatic nitrogens is 3. The van der Waals surface area contributed by atoms with Crippen LogP contribution >= 0.6 is 0 Å². The highest BCUT2D eigenvalue weighted by atomic mass is 19.4. The van der Waals surface area contributed by atoms with Crippen LogP contribution in [0.15, 0.2) is 41.1 Å². The van der Waals surface area contributed by atoms with Crippen LogP contribution in [0.2, 0.25) is 0 Å². The Hall–Kier alpha value is -3.27. The molecule has 10 heteroatoms. The van der Waals surface area contributed by atoms with Gasteiger partial charge in [0.15, 0.2) is 5.82 Å². The summed E-state index contributed by atoms with van der Waals surface area (Å²) in [7, 11) is 0. The second-order valence-electron chi connectivity index (χ2n) is 6.50. The second-order valence-corrected chi connectivity index (χ2v) is 6.50. The molecule has 1 atom stereocenters. The number of pyridine rings is 1. The van der Waals surface area contributed by atoms with Crippen molar-refractivity contribution in [2.24, 2.45) is 5.73 Å². The molecule has 3 rings (SSSR count). The number of aryl methyl sites for hydroxylation is 2. The van der Waals surface area contributed by atoms with Gasteiger partial charge >= 0.3 is 6.18 Å². The molecule has 0 spiro atoms. The molecule has 0 aliphatic rings. The summed E-state index contributed by atoms with van der Waals surface area (Å²) in [5.74, 6) is -0.0170. The van der Waals surface area contributed by atoms with Crippen LogP contribution in [0, 0.1) is 13.8 Å². The van der Waals surface area contributed by atoms with Crippen molar-refractivity contribution in [2.75, 3.05) is 0 Å². The molecule has 7 nitrogen and oxygen atoms in total. The smallest absolute Gasteiger partial charge is 0.345 e. The van der Waals surface area contributed by atoms with E-state index in [-0.39, 0.29) is 23.5 Å². The van der Waals surface area contributed by atoms with Crippen molar-refractivity contribution in [2.45, 2.75) is 32.6 Å². The highest BCUT2D eigenvalue weighted by Gasteiger charge is 2.38. The summed E-state index contributed by atoms with van der Waals surface area (Å²) in [6, 6.07) is 5.07. The number of nitrogens with two attached hydrogens (primary N) is 1. The number of benzene rings is 1. The Morgan fingerprint density at radius 2 is 2.00 bits per heavy atom. The maximum atomic E-state index is 13.2. The number of hydrogen-bond acceptors (Lipinski definition) is 6. The zero-order valence-electron chi connectivity index (χ0n) is 15.6. The fraction of sp³-hybridized carbons (Fsp3) is 0.263. The highest BCUT2D eigenvalue weighted by Crippen LogP contribution is 2.33. The second kappa shape index (κ2) is 8.00. The molecule has 1 aromatic carbocycles. The van der Waals surface area contributed by atoms with Gasteiger partial charge in [0.25, 0.3) is 5.91 Å². The van der Waals surface area contributed by atoms with Gasteiger partial charge in [0.05, 0.1) is 12.2 Å². The summed E-state index contributed by atoms with van der Waals surface area (Å²) < 4.78 is 44.3. The lowest BCUT2D eigenvalue weighted by molar-refractivity contribution is -0.149. The third kappa shape index (κ3) is 4.96. The number of carbonyl (C=O) groups excluding carboxylic acids is 1. The van der Waals surface area contributed by atoms with Crippen LogP contribution in [-0.4, -0.2) is 27.2 Å². The van der Waals surface area contributed by atoms with E-state index in [1.165, 1.54) is 12.1 Å². The van der Waals surface area contributed by atoms with E-state index in [9.17, 15) is 18.0 Å². The van der Waals surface area contributed by atoms with Crippen molar-refractivity contribution >= 4 is 5.91 Å². The Labute approximate surface area is 164 Å². The Kier molecular flexibility index (Phi) is 5.64. The molecule has 2 heterocycles. The van der Waals surface area contributed by atoms with Gasteiger partial charge in [0, 0.05) is 24.2 Å². The summed E-state index contributed by atoms with van der Waals surface area (Å²) >= 11 is 0. The SMILES string of the molecule is Cc1ccc(-c2cc(C(=O)NCc3noc(C)n3)cc(C(N)C(F)(F)F)c2)nc1. The van der Waals surface area contributed by atoms with Crippen molar-refractivity contribution in [1.29, 1.82) is 0 Å². The zero-order valence-corrected chi connectivity index (χ0v) is 15.6. The van der Waals surface area contributed by atoms with Crippen LogP contribution in [-0.2, 0) is 6.54 Å². The minimum absolute atomic E-state index is 0.0137. The molecule has 3 aromatic rings. The van der Waals surface area contributed by atoms with Crippen molar-refractivity contribution in [3.8, 4) is 11.3 Å². The summed E-state index contributed by atoms with van der Waals surface area (Å²) in [4.78, 5) is 20.7. The van der Waals surface area contributed by atoms with E-state index in [1.807, 2.05) is 6.92 Å². The minimum Gasteiger partial charge on any atom is -0.345 e. The quantitative estimate of drug-likeness (QED) is 0.675. The third-order valence-electron chi connectivity index (χ3n) is 4.11. The van der Waals surface area contributed by atoms with Gasteiger partial charge in [-0.05, 0) is 42.3 Å². The molecule has 29 heavy (non-hydrogen) atoms. The van der Waals surface area contributed by atoms with E-state index in [0.717, 1.165) is 11.6 Å². The first-order chi connectivity index (χ1) is 13.6. The minimum atomic E-state index is -4.66. The van der Waals surface area contributed by atoms with E-state index in [2.05, 4.69) is 20.4 Å². The van der Waals surface area contributed by atoms with Crippen molar-refractivity contribution in [3.05, 3.63) is 64.9 Å². The predicted octanol–water partition coefficient (Wildman–Crippen LogP) is 3.24. The van der Waals surface area contributed by atoms with Crippen LogP contribution in [0.4, 0.5) is 13.2 Å². The Bertz CT molecular complexity index is 1020. The highest BCUT2D eigenvalue weighted by molar-refractivity contribution is 5.95. The van der Waals surface area contributed by atoms with Gasteiger partial charge in [-0.1, -0.05) is 11.2 Å². The molecule has 1 unspecified atom stereocenters. The largest absolute Gasteiger partial charge is 0.407 e. The van der Waals surface area contributed by atoms with Crippen LogP contribution in [0.3, 0.4) is 0 Å². The maximum absolute atomic E-state index is 13.2.